The minimum Gasteiger partial charge on any atom is -0.294 e. The highest BCUT2D eigenvalue weighted by atomic mass is 32.2. The molecule has 0 heterocycles. The first-order valence-corrected chi connectivity index (χ1v) is 9.02. The van der Waals surface area contributed by atoms with E-state index < -0.39 is 10.0 Å². The van der Waals surface area contributed by atoms with Gasteiger partial charge in [-0.2, -0.15) is 4.31 Å². The smallest absolute Gasteiger partial charge is 0.243 e. The predicted octanol–water partition coefficient (Wildman–Crippen LogP) is 3.23. The number of hydrogen-bond donors (Lipinski definition) is 0. The SMILES string of the molecule is CCC(=O)c1cccc(S(=O)(=O)N(C)C2CCCCC2)c1. The van der Waals surface area contributed by atoms with Gasteiger partial charge in [-0.3, -0.25) is 4.79 Å². The lowest BCUT2D eigenvalue weighted by Crippen LogP contribution is -2.38. The van der Waals surface area contributed by atoms with Crippen LogP contribution in [0.3, 0.4) is 0 Å². The number of carbonyl (C=O) groups is 1. The first-order chi connectivity index (χ1) is 9.96. The van der Waals surface area contributed by atoms with Crippen LogP contribution in [-0.4, -0.2) is 31.6 Å². The van der Waals surface area contributed by atoms with Gasteiger partial charge >= 0.3 is 0 Å². The van der Waals surface area contributed by atoms with E-state index in [4.69, 9.17) is 0 Å². The molecule has 0 N–H and O–H groups in total. The first-order valence-electron chi connectivity index (χ1n) is 7.58. The molecule has 0 bridgehead atoms. The average molecular weight is 309 g/mol. The summed E-state index contributed by atoms with van der Waals surface area (Å²) in [7, 11) is -1.87. The normalized spacial score (nSPS) is 17.1. The van der Waals surface area contributed by atoms with Crippen molar-refractivity contribution in [2.24, 2.45) is 0 Å². The molecule has 0 aliphatic heterocycles. The van der Waals surface area contributed by atoms with E-state index in [9.17, 15) is 13.2 Å². The highest BCUT2D eigenvalue weighted by Gasteiger charge is 2.29. The van der Waals surface area contributed by atoms with Gasteiger partial charge in [0.25, 0.3) is 0 Å². The van der Waals surface area contributed by atoms with Crippen LogP contribution in [0.25, 0.3) is 0 Å². The lowest BCUT2D eigenvalue weighted by Gasteiger charge is -2.30. The summed E-state index contributed by atoms with van der Waals surface area (Å²) in [5, 5.41) is 0. The van der Waals surface area contributed by atoms with Gasteiger partial charge in [-0.25, -0.2) is 8.42 Å². The summed E-state index contributed by atoms with van der Waals surface area (Å²) in [4.78, 5) is 12.0. The molecule has 2 rings (SSSR count). The Balaban J connectivity index is 2.28. The van der Waals surface area contributed by atoms with Crippen molar-refractivity contribution in [1.29, 1.82) is 0 Å². The zero-order chi connectivity index (χ0) is 15.5. The Morgan fingerprint density at radius 1 is 1.24 bits per heavy atom. The third-order valence-electron chi connectivity index (χ3n) is 4.24. The predicted molar refractivity (Wildman–Crippen MR) is 82.9 cm³/mol. The van der Waals surface area contributed by atoms with Crippen LogP contribution in [0.2, 0.25) is 0 Å². The van der Waals surface area contributed by atoms with Crippen LogP contribution in [0.5, 0.6) is 0 Å². The zero-order valence-corrected chi connectivity index (χ0v) is 13.5. The number of Topliss-reactive ketones (excluding diaryl/α,β-unsaturated/α-hetero) is 1. The van der Waals surface area contributed by atoms with Gasteiger partial charge in [0.15, 0.2) is 5.78 Å². The van der Waals surface area contributed by atoms with Crippen LogP contribution in [-0.2, 0) is 10.0 Å². The maximum atomic E-state index is 12.7. The summed E-state index contributed by atoms with van der Waals surface area (Å²) in [6.45, 7) is 1.78. The summed E-state index contributed by atoms with van der Waals surface area (Å²) >= 11 is 0. The summed E-state index contributed by atoms with van der Waals surface area (Å²) in [5.74, 6) is -0.0348. The van der Waals surface area contributed by atoms with Crippen molar-refractivity contribution in [3.8, 4) is 0 Å². The van der Waals surface area contributed by atoms with E-state index in [1.807, 2.05) is 0 Å². The Morgan fingerprint density at radius 3 is 2.52 bits per heavy atom. The Labute approximate surface area is 127 Å². The minimum atomic E-state index is -3.52. The van der Waals surface area contributed by atoms with E-state index in [0.29, 0.717) is 12.0 Å². The summed E-state index contributed by atoms with van der Waals surface area (Å²) in [6, 6.07) is 6.46. The minimum absolute atomic E-state index is 0.0348. The standard InChI is InChI=1S/C16H23NO3S/c1-3-16(18)13-8-7-11-15(12-13)21(19,20)17(2)14-9-5-4-6-10-14/h7-8,11-12,14H,3-6,9-10H2,1-2H3. The Hall–Kier alpha value is -1.20. The molecule has 1 aliphatic rings. The van der Waals surface area contributed by atoms with E-state index in [-0.39, 0.29) is 16.7 Å². The summed E-state index contributed by atoms with van der Waals surface area (Å²) < 4.78 is 26.9. The van der Waals surface area contributed by atoms with E-state index >= 15 is 0 Å². The lowest BCUT2D eigenvalue weighted by atomic mass is 9.96. The third-order valence-corrected chi connectivity index (χ3v) is 6.15. The quantitative estimate of drug-likeness (QED) is 0.785. The molecule has 1 aliphatic carbocycles. The topological polar surface area (TPSA) is 54.5 Å². The fourth-order valence-corrected chi connectivity index (χ4v) is 4.30. The van der Waals surface area contributed by atoms with Gasteiger partial charge in [0.2, 0.25) is 10.0 Å². The molecule has 1 saturated carbocycles. The summed E-state index contributed by atoms with van der Waals surface area (Å²) in [6.07, 6.45) is 5.57. The maximum absolute atomic E-state index is 12.7. The van der Waals surface area contributed by atoms with Gasteiger partial charge in [-0.1, -0.05) is 38.3 Å². The first kappa shape index (κ1) is 16.2. The molecule has 0 spiro atoms. The molecular formula is C16H23NO3S. The number of sulfonamides is 1. The Morgan fingerprint density at radius 2 is 1.90 bits per heavy atom. The number of benzene rings is 1. The Bertz CT molecular complexity index is 604. The fourth-order valence-electron chi connectivity index (χ4n) is 2.84. The largest absolute Gasteiger partial charge is 0.294 e. The van der Waals surface area contributed by atoms with Gasteiger partial charge in [0, 0.05) is 25.1 Å². The molecule has 21 heavy (non-hydrogen) atoms. The van der Waals surface area contributed by atoms with Crippen LogP contribution in [0.15, 0.2) is 29.2 Å². The highest BCUT2D eigenvalue weighted by Crippen LogP contribution is 2.26. The van der Waals surface area contributed by atoms with Crippen molar-refractivity contribution in [3.05, 3.63) is 29.8 Å². The molecule has 0 amide bonds. The molecule has 1 fully saturated rings. The maximum Gasteiger partial charge on any atom is 0.243 e. The number of rotatable bonds is 5. The molecule has 116 valence electrons. The van der Waals surface area contributed by atoms with E-state index in [2.05, 4.69) is 0 Å². The van der Waals surface area contributed by atoms with Crippen molar-refractivity contribution in [2.45, 2.75) is 56.4 Å². The third kappa shape index (κ3) is 3.52. The molecule has 0 atom stereocenters. The van der Waals surface area contributed by atoms with Gasteiger partial charge in [-0.15, -0.1) is 0 Å². The van der Waals surface area contributed by atoms with Crippen molar-refractivity contribution in [3.63, 3.8) is 0 Å². The number of nitrogens with zero attached hydrogens (tertiary/aromatic N) is 1. The van der Waals surface area contributed by atoms with Crippen molar-refractivity contribution in [1.82, 2.24) is 4.31 Å². The number of hydrogen-bond acceptors (Lipinski definition) is 3. The van der Waals surface area contributed by atoms with Gasteiger partial charge < -0.3 is 0 Å². The second kappa shape index (κ2) is 6.71. The molecule has 0 unspecified atom stereocenters. The molecule has 0 aromatic heterocycles. The Kier molecular flexibility index (Phi) is 5.17. The average Bonchev–Trinajstić information content (AvgIpc) is 2.54. The van der Waals surface area contributed by atoms with E-state index in [1.54, 1.807) is 32.2 Å². The van der Waals surface area contributed by atoms with Crippen LogP contribution in [0.4, 0.5) is 0 Å². The monoisotopic (exact) mass is 309 g/mol. The molecule has 0 saturated heterocycles. The zero-order valence-electron chi connectivity index (χ0n) is 12.7. The molecular weight excluding hydrogens is 286 g/mol. The lowest BCUT2D eigenvalue weighted by molar-refractivity contribution is 0.0988. The van der Waals surface area contributed by atoms with Gasteiger partial charge in [0.05, 0.1) is 4.90 Å². The van der Waals surface area contributed by atoms with Crippen molar-refractivity contribution >= 4 is 15.8 Å². The van der Waals surface area contributed by atoms with E-state index in [0.717, 1.165) is 25.7 Å². The second-order valence-corrected chi connectivity index (χ2v) is 7.62. The number of ketones is 1. The summed E-state index contributed by atoms with van der Waals surface area (Å²) in [5.41, 5.74) is 0.468. The molecule has 1 aromatic carbocycles. The van der Waals surface area contributed by atoms with Crippen molar-refractivity contribution in [2.75, 3.05) is 7.05 Å². The van der Waals surface area contributed by atoms with Crippen LogP contribution in [0, 0.1) is 0 Å². The van der Waals surface area contributed by atoms with Crippen LogP contribution in [0.1, 0.15) is 55.8 Å². The highest BCUT2D eigenvalue weighted by molar-refractivity contribution is 7.89. The van der Waals surface area contributed by atoms with Crippen LogP contribution < -0.4 is 0 Å². The van der Waals surface area contributed by atoms with E-state index in [1.165, 1.54) is 16.8 Å². The molecule has 1 aromatic rings. The molecule has 4 nitrogen and oxygen atoms in total. The molecule has 5 heteroatoms. The van der Waals surface area contributed by atoms with Crippen molar-refractivity contribution < 1.29 is 13.2 Å². The fraction of sp³-hybridized carbons (Fsp3) is 0.562. The number of carbonyl (C=O) groups excluding carboxylic acids is 1. The van der Waals surface area contributed by atoms with Gasteiger partial charge in [-0.05, 0) is 25.0 Å². The van der Waals surface area contributed by atoms with Crippen LogP contribution >= 0.6 is 0 Å². The molecule has 0 radical (unpaired) electrons. The second-order valence-electron chi connectivity index (χ2n) is 5.62. The van der Waals surface area contributed by atoms with Gasteiger partial charge in [0.1, 0.15) is 0 Å².